The molecule has 2 aromatic carbocycles. The van der Waals surface area contributed by atoms with Crippen molar-refractivity contribution in [3.63, 3.8) is 0 Å². The Morgan fingerprint density at radius 2 is 1.28 bits per heavy atom. The quantitative estimate of drug-likeness (QED) is 0.735. The van der Waals surface area contributed by atoms with Gasteiger partial charge in [-0.3, -0.25) is 0 Å². The zero-order chi connectivity index (χ0) is 13.4. The summed E-state index contributed by atoms with van der Waals surface area (Å²) in [5.74, 6) is 0. The molecule has 0 fully saturated rings. The SMILES string of the molecule is CC.CCc1ccc(-c2ccc(C#N)cc2)cc1. The summed E-state index contributed by atoms with van der Waals surface area (Å²) in [5, 5.41) is 8.72. The molecule has 0 atom stereocenters. The van der Waals surface area contributed by atoms with Crippen molar-refractivity contribution in [3.8, 4) is 17.2 Å². The van der Waals surface area contributed by atoms with Crippen LogP contribution in [0.1, 0.15) is 31.9 Å². The number of nitriles is 1. The molecule has 1 heteroatoms. The van der Waals surface area contributed by atoms with Crippen LogP contribution in [0.25, 0.3) is 11.1 Å². The molecule has 0 spiro atoms. The first-order chi connectivity index (χ1) is 8.83. The third-order valence-corrected chi connectivity index (χ3v) is 2.71. The molecule has 1 nitrogen and oxygen atoms in total. The second-order valence-electron chi connectivity index (χ2n) is 3.74. The largest absolute Gasteiger partial charge is 0.192 e. The van der Waals surface area contributed by atoms with Crippen LogP contribution in [0.15, 0.2) is 48.5 Å². The zero-order valence-corrected chi connectivity index (χ0v) is 11.3. The van der Waals surface area contributed by atoms with E-state index in [0.29, 0.717) is 5.56 Å². The first kappa shape index (κ1) is 14.0. The summed E-state index contributed by atoms with van der Waals surface area (Å²) >= 11 is 0. The van der Waals surface area contributed by atoms with Crippen LogP contribution in [-0.2, 0) is 6.42 Å². The van der Waals surface area contributed by atoms with Gasteiger partial charge in [0.2, 0.25) is 0 Å². The van der Waals surface area contributed by atoms with Crippen LogP contribution in [0, 0.1) is 11.3 Å². The van der Waals surface area contributed by atoms with E-state index in [1.165, 1.54) is 11.1 Å². The molecule has 0 saturated carbocycles. The van der Waals surface area contributed by atoms with Crippen molar-refractivity contribution in [3.05, 3.63) is 59.7 Å². The van der Waals surface area contributed by atoms with Gasteiger partial charge in [-0.15, -0.1) is 0 Å². The molecule has 0 saturated heterocycles. The van der Waals surface area contributed by atoms with Crippen molar-refractivity contribution in [2.75, 3.05) is 0 Å². The fourth-order valence-corrected chi connectivity index (χ4v) is 1.67. The fourth-order valence-electron chi connectivity index (χ4n) is 1.67. The average molecular weight is 237 g/mol. The van der Waals surface area contributed by atoms with E-state index < -0.39 is 0 Å². The van der Waals surface area contributed by atoms with Gasteiger partial charge in [0.05, 0.1) is 11.6 Å². The minimum absolute atomic E-state index is 0.703. The van der Waals surface area contributed by atoms with Crippen molar-refractivity contribution in [2.24, 2.45) is 0 Å². The smallest absolute Gasteiger partial charge is 0.0991 e. The molecule has 0 N–H and O–H groups in total. The average Bonchev–Trinajstić information content (AvgIpc) is 2.49. The zero-order valence-electron chi connectivity index (χ0n) is 11.3. The highest BCUT2D eigenvalue weighted by Gasteiger charge is 1.97. The van der Waals surface area contributed by atoms with Crippen LogP contribution in [0.2, 0.25) is 0 Å². The van der Waals surface area contributed by atoms with Gasteiger partial charge in [0.25, 0.3) is 0 Å². The van der Waals surface area contributed by atoms with Gasteiger partial charge in [0, 0.05) is 0 Å². The minimum atomic E-state index is 0.703. The van der Waals surface area contributed by atoms with Gasteiger partial charge in [-0.1, -0.05) is 57.2 Å². The van der Waals surface area contributed by atoms with Crippen LogP contribution < -0.4 is 0 Å². The molecule has 18 heavy (non-hydrogen) atoms. The first-order valence-corrected chi connectivity index (χ1v) is 6.43. The summed E-state index contributed by atoms with van der Waals surface area (Å²) in [4.78, 5) is 0. The number of benzene rings is 2. The van der Waals surface area contributed by atoms with Crippen molar-refractivity contribution in [1.29, 1.82) is 5.26 Å². The standard InChI is InChI=1S/C15H13N.C2H6/c1-2-12-3-7-14(8-4-12)15-9-5-13(11-16)6-10-15;1-2/h3-10H,2H2,1H3;1-2H3. The Balaban J connectivity index is 0.000000771. The number of hydrogen-bond acceptors (Lipinski definition) is 1. The van der Waals surface area contributed by atoms with Gasteiger partial charge in [-0.05, 0) is 35.2 Å². The van der Waals surface area contributed by atoms with Gasteiger partial charge in [0.1, 0.15) is 0 Å². The van der Waals surface area contributed by atoms with Gasteiger partial charge in [0.15, 0.2) is 0 Å². The van der Waals surface area contributed by atoms with Crippen LogP contribution in [0.4, 0.5) is 0 Å². The van der Waals surface area contributed by atoms with Crippen LogP contribution in [0.5, 0.6) is 0 Å². The monoisotopic (exact) mass is 237 g/mol. The van der Waals surface area contributed by atoms with Crippen molar-refractivity contribution in [1.82, 2.24) is 0 Å². The van der Waals surface area contributed by atoms with E-state index in [1.54, 1.807) is 0 Å². The van der Waals surface area contributed by atoms with Gasteiger partial charge in [-0.2, -0.15) is 5.26 Å². The summed E-state index contributed by atoms with van der Waals surface area (Å²) in [6, 6.07) is 18.3. The number of hydrogen-bond donors (Lipinski definition) is 0. The molecule has 0 aliphatic heterocycles. The number of rotatable bonds is 2. The lowest BCUT2D eigenvalue weighted by Crippen LogP contribution is -1.82. The van der Waals surface area contributed by atoms with E-state index in [2.05, 4.69) is 37.3 Å². The Morgan fingerprint density at radius 1 is 0.833 bits per heavy atom. The third kappa shape index (κ3) is 3.46. The molecule has 0 heterocycles. The van der Waals surface area contributed by atoms with E-state index in [4.69, 9.17) is 5.26 Å². The van der Waals surface area contributed by atoms with Crippen molar-refractivity contribution < 1.29 is 0 Å². The van der Waals surface area contributed by atoms with E-state index in [-0.39, 0.29) is 0 Å². The Hall–Kier alpha value is -2.07. The van der Waals surface area contributed by atoms with Gasteiger partial charge >= 0.3 is 0 Å². The summed E-state index contributed by atoms with van der Waals surface area (Å²) in [6.07, 6.45) is 1.06. The molecule has 0 radical (unpaired) electrons. The highest BCUT2D eigenvalue weighted by atomic mass is 14.2. The molecular formula is C17H19N. The maximum Gasteiger partial charge on any atom is 0.0991 e. The van der Waals surface area contributed by atoms with E-state index in [0.717, 1.165) is 12.0 Å². The summed E-state index contributed by atoms with van der Waals surface area (Å²) in [5.41, 5.74) is 4.40. The molecule has 0 amide bonds. The molecule has 0 bridgehead atoms. The first-order valence-electron chi connectivity index (χ1n) is 6.43. The third-order valence-electron chi connectivity index (χ3n) is 2.71. The summed E-state index contributed by atoms with van der Waals surface area (Å²) in [7, 11) is 0. The van der Waals surface area contributed by atoms with Crippen LogP contribution in [0.3, 0.4) is 0 Å². The fraction of sp³-hybridized carbons (Fsp3) is 0.235. The second kappa shape index (κ2) is 7.29. The minimum Gasteiger partial charge on any atom is -0.192 e. The predicted octanol–water partition coefficient (Wildman–Crippen LogP) is 4.81. The molecule has 2 rings (SSSR count). The predicted molar refractivity (Wildman–Crippen MR) is 77.3 cm³/mol. The van der Waals surface area contributed by atoms with Crippen molar-refractivity contribution in [2.45, 2.75) is 27.2 Å². The number of nitrogens with zero attached hydrogens (tertiary/aromatic N) is 1. The second-order valence-corrected chi connectivity index (χ2v) is 3.74. The maximum atomic E-state index is 8.72. The Labute approximate surface area is 110 Å². The molecule has 0 unspecified atom stereocenters. The lowest BCUT2D eigenvalue weighted by molar-refractivity contribution is 1.14. The molecule has 0 aliphatic rings. The van der Waals surface area contributed by atoms with E-state index in [1.807, 2.05) is 38.1 Å². The van der Waals surface area contributed by atoms with E-state index in [9.17, 15) is 0 Å². The Bertz CT molecular complexity index is 501. The summed E-state index contributed by atoms with van der Waals surface area (Å²) < 4.78 is 0. The summed E-state index contributed by atoms with van der Waals surface area (Å²) in [6.45, 7) is 6.15. The molecule has 0 aliphatic carbocycles. The topological polar surface area (TPSA) is 23.8 Å². The van der Waals surface area contributed by atoms with Crippen LogP contribution in [-0.4, -0.2) is 0 Å². The molecule has 92 valence electrons. The Morgan fingerprint density at radius 3 is 1.67 bits per heavy atom. The normalized spacial score (nSPS) is 9.00. The lowest BCUT2D eigenvalue weighted by Gasteiger charge is -2.03. The highest BCUT2D eigenvalue weighted by molar-refractivity contribution is 5.64. The molecule has 2 aromatic rings. The van der Waals surface area contributed by atoms with Crippen LogP contribution >= 0.6 is 0 Å². The molecular weight excluding hydrogens is 218 g/mol. The highest BCUT2D eigenvalue weighted by Crippen LogP contribution is 2.20. The lowest BCUT2D eigenvalue weighted by atomic mass is 10.0. The number of aryl methyl sites for hydroxylation is 1. The maximum absolute atomic E-state index is 8.72. The molecule has 0 aromatic heterocycles. The van der Waals surface area contributed by atoms with Crippen molar-refractivity contribution >= 4 is 0 Å². The van der Waals surface area contributed by atoms with E-state index >= 15 is 0 Å². The van der Waals surface area contributed by atoms with Gasteiger partial charge < -0.3 is 0 Å². The Kier molecular flexibility index (Phi) is 5.67. The van der Waals surface area contributed by atoms with Gasteiger partial charge in [-0.25, -0.2) is 0 Å².